The van der Waals surface area contributed by atoms with Crippen molar-refractivity contribution in [3.8, 4) is 0 Å². The molecule has 0 bridgehead atoms. The van der Waals surface area contributed by atoms with Crippen molar-refractivity contribution in [1.29, 1.82) is 0 Å². The summed E-state index contributed by atoms with van der Waals surface area (Å²) in [5.74, 6) is -0.987. The number of carbonyl (C=O) groups excluding carboxylic acids is 1. The van der Waals surface area contributed by atoms with Gasteiger partial charge in [0.1, 0.15) is 0 Å². The summed E-state index contributed by atoms with van der Waals surface area (Å²) in [5, 5.41) is 0. The zero-order chi connectivity index (χ0) is 10.6. The predicted octanol–water partition coefficient (Wildman–Crippen LogP) is 1.42. The third kappa shape index (κ3) is 2.97. The van der Waals surface area contributed by atoms with Gasteiger partial charge in [0.05, 0.1) is 0 Å². The summed E-state index contributed by atoms with van der Waals surface area (Å²) in [6.45, 7) is 1.82. The molecule has 0 aliphatic heterocycles. The number of nitrogens with zero attached hydrogens (tertiary/aromatic N) is 1. The van der Waals surface area contributed by atoms with Crippen molar-refractivity contribution in [1.82, 2.24) is 4.98 Å². The first-order valence-electron chi connectivity index (χ1n) is 4.16. The molecule has 0 aromatic carbocycles. The molecule has 1 heterocycles. The van der Waals surface area contributed by atoms with E-state index in [2.05, 4.69) is 4.98 Å². The summed E-state index contributed by atoms with van der Waals surface area (Å²) in [4.78, 5) is 13.9. The summed E-state index contributed by atoms with van der Waals surface area (Å²) in [5.41, 5.74) is 6.16. The number of halogens is 1. The Balaban J connectivity index is 2.80. The summed E-state index contributed by atoms with van der Waals surface area (Å²) >= 11 is 0. The van der Waals surface area contributed by atoms with E-state index in [4.69, 9.17) is 5.73 Å². The van der Waals surface area contributed by atoms with Crippen molar-refractivity contribution in [3.05, 3.63) is 35.4 Å². The number of amides is 1. The molecule has 3 nitrogen and oxygen atoms in total. The molecule has 4 heteroatoms. The van der Waals surface area contributed by atoms with Crippen LogP contribution in [0.4, 0.5) is 4.39 Å². The molecule has 0 aliphatic rings. The lowest BCUT2D eigenvalue weighted by Gasteiger charge is -1.96. The van der Waals surface area contributed by atoms with Crippen molar-refractivity contribution in [2.24, 2.45) is 5.73 Å². The van der Waals surface area contributed by atoms with Crippen LogP contribution in [0, 0.1) is 12.9 Å². The zero-order valence-corrected chi connectivity index (χ0v) is 7.83. The van der Waals surface area contributed by atoms with E-state index in [0.29, 0.717) is 5.56 Å². The molecule has 0 aliphatic carbocycles. The third-order valence-electron chi connectivity index (χ3n) is 1.62. The normalized spacial score (nSPS) is 10.7. The highest BCUT2D eigenvalue weighted by Crippen LogP contribution is 2.08. The van der Waals surface area contributed by atoms with Crippen molar-refractivity contribution in [2.45, 2.75) is 13.3 Å². The van der Waals surface area contributed by atoms with E-state index in [1.807, 2.05) is 6.92 Å². The van der Waals surface area contributed by atoms with Crippen LogP contribution >= 0.6 is 0 Å². The van der Waals surface area contributed by atoms with Crippen molar-refractivity contribution < 1.29 is 9.18 Å². The Hall–Kier alpha value is -1.71. The average Bonchev–Trinajstić information content (AvgIpc) is 2.10. The van der Waals surface area contributed by atoms with E-state index in [1.165, 1.54) is 18.3 Å². The number of carbonyl (C=O) groups is 1. The topological polar surface area (TPSA) is 56.0 Å². The number of primary amides is 1. The van der Waals surface area contributed by atoms with Gasteiger partial charge in [0.2, 0.25) is 11.9 Å². The summed E-state index contributed by atoms with van der Waals surface area (Å²) in [7, 11) is 0. The lowest BCUT2D eigenvalue weighted by Crippen LogP contribution is -2.07. The molecule has 0 fully saturated rings. The fraction of sp³-hybridized carbons (Fsp3) is 0.200. The summed E-state index contributed by atoms with van der Waals surface area (Å²) in [6.07, 6.45) is 4.57. The van der Waals surface area contributed by atoms with Crippen LogP contribution in [0.2, 0.25) is 0 Å². The van der Waals surface area contributed by atoms with Crippen molar-refractivity contribution in [3.63, 3.8) is 0 Å². The maximum Gasteiger partial charge on any atom is 0.221 e. The Bertz CT molecular complexity index is 374. The van der Waals surface area contributed by atoms with Gasteiger partial charge < -0.3 is 5.73 Å². The van der Waals surface area contributed by atoms with Crippen LogP contribution < -0.4 is 5.73 Å². The number of rotatable bonds is 3. The minimum atomic E-state index is -0.545. The van der Waals surface area contributed by atoms with Gasteiger partial charge in [-0.2, -0.15) is 4.39 Å². The Morgan fingerprint density at radius 1 is 1.71 bits per heavy atom. The number of aromatic nitrogens is 1. The smallest absolute Gasteiger partial charge is 0.221 e. The molecule has 14 heavy (non-hydrogen) atoms. The lowest BCUT2D eigenvalue weighted by atomic mass is 10.2. The molecule has 1 amide bonds. The van der Waals surface area contributed by atoms with Crippen LogP contribution in [-0.2, 0) is 4.79 Å². The maximum absolute atomic E-state index is 13.0. The van der Waals surface area contributed by atoms with Crippen LogP contribution in [0.3, 0.4) is 0 Å². The zero-order valence-electron chi connectivity index (χ0n) is 7.83. The average molecular weight is 194 g/mol. The van der Waals surface area contributed by atoms with Gasteiger partial charge >= 0.3 is 0 Å². The SMILES string of the molecule is Cc1cnc(F)c(C=CCC(N)=O)c1. The highest BCUT2D eigenvalue weighted by molar-refractivity contribution is 5.76. The Morgan fingerprint density at radius 3 is 3.07 bits per heavy atom. The van der Waals surface area contributed by atoms with Gasteiger partial charge in [-0.15, -0.1) is 0 Å². The van der Waals surface area contributed by atoms with Crippen molar-refractivity contribution >= 4 is 12.0 Å². The molecule has 0 saturated heterocycles. The summed E-state index contributed by atoms with van der Waals surface area (Å²) < 4.78 is 13.0. The fourth-order valence-corrected chi connectivity index (χ4v) is 0.994. The van der Waals surface area contributed by atoms with E-state index in [9.17, 15) is 9.18 Å². The first kappa shape index (κ1) is 10.4. The van der Waals surface area contributed by atoms with Gasteiger partial charge in [0.25, 0.3) is 0 Å². The molecular formula is C10H11FN2O. The van der Waals surface area contributed by atoms with Gasteiger partial charge in [-0.3, -0.25) is 4.79 Å². The highest BCUT2D eigenvalue weighted by Gasteiger charge is 1.99. The molecular weight excluding hydrogens is 183 g/mol. The van der Waals surface area contributed by atoms with E-state index in [-0.39, 0.29) is 6.42 Å². The minimum Gasteiger partial charge on any atom is -0.369 e. The van der Waals surface area contributed by atoms with Gasteiger partial charge in [0.15, 0.2) is 0 Å². The van der Waals surface area contributed by atoms with Crippen LogP contribution in [0.15, 0.2) is 18.3 Å². The Labute approximate surface area is 81.5 Å². The molecule has 2 N–H and O–H groups in total. The molecule has 1 aromatic rings. The Kier molecular flexibility index (Phi) is 3.34. The Morgan fingerprint density at radius 2 is 2.43 bits per heavy atom. The molecule has 0 radical (unpaired) electrons. The molecule has 0 atom stereocenters. The molecule has 1 aromatic heterocycles. The molecule has 0 spiro atoms. The van der Waals surface area contributed by atoms with E-state index >= 15 is 0 Å². The largest absolute Gasteiger partial charge is 0.369 e. The first-order valence-corrected chi connectivity index (χ1v) is 4.16. The molecule has 0 saturated carbocycles. The first-order chi connectivity index (χ1) is 6.59. The molecule has 74 valence electrons. The second kappa shape index (κ2) is 4.50. The van der Waals surface area contributed by atoms with Gasteiger partial charge in [-0.25, -0.2) is 4.98 Å². The number of hydrogen-bond acceptors (Lipinski definition) is 2. The minimum absolute atomic E-state index is 0.105. The van der Waals surface area contributed by atoms with Crippen molar-refractivity contribution in [2.75, 3.05) is 0 Å². The number of hydrogen-bond donors (Lipinski definition) is 1. The molecule has 1 rings (SSSR count). The van der Waals surface area contributed by atoms with Gasteiger partial charge in [-0.1, -0.05) is 12.2 Å². The van der Waals surface area contributed by atoms with E-state index in [1.54, 1.807) is 6.07 Å². The monoisotopic (exact) mass is 194 g/mol. The number of nitrogens with two attached hydrogens (primary N) is 1. The number of pyridine rings is 1. The van der Waals surface area contributed by atoms with Crippen LogP contribution in [-0.4, -0.2) is 10.9 Å². The summed E-state index contributed by atoms with van der Waals surface area (Å²) in [6, 6.07) is 1.65. The van der Waals surface area contributed by atoms with Gasteiger partial charge in [0, 0.05) is 18.2 Å². The standard InChI is InChI=1S/C10H11FN2O/c1-7-5-8(10(11)13-6-7)3-2-4-9(12)14/h2-3,5-6H,4H2,1H3,(H2,12,14). The van der Waals surface area contributed by atoms with Gasteiger partial charge in [-0.05, 0) is 18.6 Å². The highest BCUT2D eigenvalue weighted by atomic mass is 19.1. The van der Waals surface area contributed by atoms with Crippen LogP contribution in [0.5, 0.6) is 0 Å². The third-order valence-corrected chi connectivity index (χ3v) is 1.62. The lowest BCUT2D eigenvalue weighted by molar-refractivity contribution is -0.117. The quantitative estimate of drug-likeness (QED) is 0.740. The number of aryl methyl sites for hydroxylation is 1. The van der Waals surface area contributed by atoms with Crippen LogP contribution in [0.25, 0.3) is 6.08 Å². The van der Waals surface area contributed by atoms with E-state index in [0.717, 1.165) is 5.56 Å². The second-order valence-electron chi connectivity index (χ2n) is 2.97. The fourth-order valence-electron chi connectivity index (χ4n) is 0.994. The maximum atomic E-state index is 13.0. The molecule has 0 unspecified atom stereocenters. The predicted molar refractivity (Wildman–Crippen MR) is 51.8 cm³/mol. The van der Waals surface area contributed by atoms with Crippen LogP contribution in [0.1, 0.15) is 17.5 Å². The van der Waals surface area contributed by atoms with E-state index < -0.39 is 11.9 Å². The second-order valence-corrected chi connectivity index (χ2v) is 2.97.